The molecule has 1 aromatic rings. The Morgan fingerprint density at radius 3 is 2.62 bits per heavy atom. The number of thiazole rings is 1. The highest BCUT2D eigenvalue weighted by molar-refractivity contribution is 7.11. The fourth-order valence-electron chi connectivity index (χ4n) is 2.25. The predicted octanol–water partition coefficient (Wildman–Crippen LogP) is 1.82. The lowest BCUT2D eigenvalue weighted by molar-refractivity contribution is 0.0548. The maximum atomic E-state index is 5.80. The summed E-state index contributed by atoms with van der Waals surface area (Å²) in [6.07, 6.45) is 2.11. The molecule has 1 atom stereocenters. The highest BCUT2D eigenvalue weighted by atomic mass is 32.1. The van der Waals surface area contributed by atoms with Crippen molar-refractivity contribution in [2.75, 3.05) is 47.4 Å². The van der Waals surface area contributed by atoms with E-state index in [9.17, 15) is 0 Å². The predicted molar refractivity (Wildman–Crippen MR) is 103 cm³/mol. The van der Waals surface area contributed by atoms with E-state index in [0.717, 1.165) is 50.7 Å². The number of aryl methyl sites for hydroxylation is 2. The van der Waals surface area contributed by atoms with Gasteiger partial charge in [-0.05, 0) is 41.3 Å². The molecule has 6 nitrogen and oxygen atoms in total. The lowest BCUT2D eigenvalue weighted by Crippen LogP contribution is -2.43. The van der Waals surface area contributed by atoms with Crippen molar-refractivity contribution in [3.63, 3.8) is 0 Å². The fourth-order valence-corrected chi connectivity index (χ4v) is 3.18. The standard InChI is InChI=1S/C17H33N5OS/c1-7-23-15(9-11-22(5)6)12-20-17(18-4)19-10-8-16-21-13(2)14(3)24-16/h15H,7-12H2,1-6H3,(H2,18,19,20). The highest BCUT2D eigenvalue weighted by Gasteiger charge is 2.10. The fraction of sp³-hybridized carbons (Fsp3) is 0.765. The number of hydrogen-bond donors (Lipinski definition) is 2. The number of rotatable bonds is 10. The van der Waals surface area contributed by atoms with Crippen molar-refractivity contribution >= 4 is 17.3 Å². The number of ether oxygens (including phenoxy) is 1. The number of guanidine groups is 1. The van der Waals surface area contributed by atoms with Crippen molar-refractivity contribution in [1.29, 1.82) is 0 Å². The third-order valence-corrected chi connectivity index (χ3v) is 4.86. The van der Waals surface area contributed by atoms with E-state index in [1.54, 1.807) is 18.4 Å². The van der Waals surface area contributed by atoms with Gasteiger partial charge in [0.2, 0.25) is 0 Å². The second-order valence-electron chi connectivity index (χ2n) is 6.05. The summed E-state index contributed by atoms with van der Waals surface area (Å²) in [5.41, 5.74) is 1.14. The van der Waals surface area contributed by atoms with Crippen LogP contribution in [0.15, 0.2) is 4.99 Å². The van der Waals surface area contributed by atoms with Gasteiger partial charge in [-0.2, -0.15) is 0 Å². The zero-order chi connectivity index (χ0) is 17.9. The molecular weight excluding hydrogens is 322 g/mol. The molecule has 138 valence electrons. The van der Waals surface area contributed by atoms with Crippen molar-refractivity contribution < 1.29 is 4.74 Å². The van der Waals surface area contributed by atoms with Crippen LogP contribution in [-0.4, -0.2) is 69.3 Å². The van der Waals surface area contributed by atoms with Crippen LogP contribution in [0.1, 0.15) is 28.9 Å². The summed E-state index contributed by atoms with van der Waals surface area (Å²) in [6, 6.07) is 0. The average Bonchev–Trinajstić information content (AvgIpc) is 2.86. The molecule has 2 N–H and O–H groups in total. The Hall–Kier alpha value is -1.18. The molecule has 1 heterocycles. The van der Waals surface area contributed by atoms with Gasteiger partial charge in [0.15, 0.2) is 5.96 Å². The van der Waals surface area contributed by atoms with Crippen LogP contribution in [0.3, 0.4) is 0 Å². The average molecular weight is 356 g/mol. The third-order valence-electron chi connectivity index (χ3n) is 3.73. The van der Waals surface area contributed by atoms with Gasteiger partial charge in [0.1, 0.15) is 0 Å². The molecule has 1 aromatic heterocycles. The Balaban J connectivity index is 2.34. The van der Waals surface area contributed by atoms with Crippen molar-refractivity contribution in [2.24, 2.45) is 4.99 Å². The van der Waals surface area contributed by atoms with E-state index in [1.165, 1.54) is 9.88 Å². The first-order valence-corrected chi connectivity index (χ1v) is 9.41. The quantitative estimate of drug-likeness (QED) is 0.495. The molecule has 7 heteroatoms. The van der Waals surface area contributed by atoms with E-state index in [0.29, 0.717) is 0 Å². The maximum Gasteiger partial charge on any atom is 0.191 e. The van der Waals surface area contributed by atoms with Gasteiger partial charge in [0.05, 0.1) is 16.8 Å². The van der Waals surface area contributed by atoms with E-state index in [4.69, 9.17) is 4.74 Å². The molecule has 0 spiro atoms. The van der Waals surface area contributed by atoms with Crippen molar-refractivity contribution in [3.8, 4) is 0 Å². The molecule has 0 aliphatic rings. The summed E-state index contributed by atoms with van der Waals surface area (Å²) in [5, 5.41) is 7.88. The van der Waals surface area contributed by atoms with Crippen LogP contribution in [0.4, 0.5) is 0 Å². The van der Waals surface area contributed by atoms with Crippen LogP contribution < -0.4 is 10.6 Å². The summed E-state index contributed by atoms with van der Waals surface area (Å²) < 4.78 is 5.80. The Kier molecular flexibility index (Phi) is 9.90. The minimum Gasteiger partial charge on any atom is -0.377 e. The second-order valence-corrected chi connectivity index (χ2v) is 7.34. The molecule has 0 aliphatic heterocycles. The van der Waals surface area contributed by atoms with Crippen LogP contribution in [0.25, 0.3) is 0 Å². The number of nitrogens with zero attached hydrogens (tertiary/aromatic N) is 3. The molecule has 0 aliphatic carbocycles. The second kappa shape index (κ2) is 11.4. The minimum absolute atomic E-state index is 0.195. The number of aromatic nitrogens is 1. The lowest BCUT2D eigenvalue weighted by atomic mass is 10.2. The maximum absolute atomic E-state index is 5.80. The Morgan fingerprint density at radius 2 is 2.08 bits per heavy atom. The van der Waals surface area contributed by atoms with Gasteiger partial charge in [0.25, 0.3) is 0 Å². The topological polar surface area (TPSA) is 61.8 Å². The molecule has 0 amide bonds. The van der Waals surface area contributed by atoms with Gasteiger partial charge in [-0.3, -0.25) is 4.99 Å². The zero-order valence-corrected chi connectivity index (χ0v) is 16.8. The van der Waals surface area contributed by atoms with Crippen molar-refractivity contribution in [3.05, 3.63) is 15.6 Å². The van der Waals surface area contributed by atoms with Crippen molar-refractivity contribution in [1.82, 2.24) is 20.5 Å². The van der Waals surface area contributed by atoms with Crippen LogP contribution in [0.5, 0.6) is 0 Å². The monoisotopic (exact) mass is 355 g/mol. The van der Waals surface area contributed by atoms with E-state index in [-0.39, 0.29) is 6.10 Å². The molecule has 1 unspecified atom stereocenters. The summed E-state index contributed by atoms with van der Waals surface area (Å²) in [4.78, 5) is 12.3. The van der Waals surface area contributed by atoms with E-state index in [1.807, 2.05) is 6.92 Å². The van der Waals surface area contributed by atoms with Crippen LogP contribution >= 0.6 is 11.3 Å². The smallest absolute Gasteiger partial charge is 0.191 e. The minimum atomic E-state index is 0.195. The Labute approximate surface area is 150 Å². The third kappa shape index (κ3) is 8.08. The van der Waals surface area contributed by atoms with E-state index < -0.39 is 0 Å². The molecule has 0 bridgehead atoms. The molecule has 0 saturated heterocycles. The Bertz CT molecular complexity index is 482. The molecule has 0 fully saturated rings. The summed E-state index contributed by atoms with van der Waals surface area (Å²) in [7, 11) is 5.96. The van der Waals surface area contributed by atoms with Crippen LogP contribution in [0.2, 0.25) is 0 Å². The first kappa shape index (κ1) is 20.9. The number of aliphatic imine (C=N–C) groups is 1. The largest absolute Gasteiger partial charge is 0.377 e. The van der Waals surface area contributed by atoms with Crippen LogP contribution in [0, 0.1) is 13.8 Å². The van der Waals surface area contributed by atoms with Gasteiger partial charge in [-0.25, -0.2) is 4.98 Å². The van der Waals surface area contributed by atoms with Gasteiger partial charge < -0.3 is 20.3 Å². The van der Waals surface area contributed by atoms with Crippen molar-refractivity contribution in [2.45, 2.75) is 39.7 Å². The van der Waals surface area contributed by atoms with Crippen LogP contribution in [-0.2, 0) is 11.2 Å². The summed E-state index contributed by atoms with van der Waals surface area (Å²) in [6.45, 7) is 9.54. The van der Waals surface area contributed by atoms with E-state index >= 15 is 0 Å². The normalized spacial score (nSPS) is 13.4. The molecule has 1 rings (SSSR count). The Morgan fingerprint density at radius 1 is 1.33 bits per heavy atom. The lowest BCUT2D eigenvalue weighted by Gasteiger charge is -2.21. The molecule has 0 aromatic carbocycles. The van der Waals surface area contributed by atoms with Gasteiger partial charge in [-0.15, -0.1) is 11.3 Å². The van der Waals surface area contributed by atoms with Gasteiger partial charge >= 0.3 is 0 Å². The van der Waals surface area contributed by atoms with E-state index in [2.05, 4.69) is 53.5 Å². The van der Waals surface area contributed by atoms with Gasteiger partial charge in [0, 0.05) is 44.6 Å². The molecule has 24 heavy (non-hydrogen) atoms. The SMILES string of the molecule is CCOC(CCN(C)C)CNC(=NC)NCCc1nc(C)c(C)s1. The first-order chi connectivity index (χ1) is 11.5. The summed E-state index contributed by atoms with van der Waals surface area (Å²) >= 11 is 1.77. The number of hydrogen-bond acceptors (Lipinski definition) is 5. The highest BCUT2D eigenvalue weighted by Crippen LogP contribution is 2.16. The number of nitrogens with one attached hydrogen (secondary N) is 2. The van der Waals surface area contributed by atoms with Gasteiger partial charge in [-0.1, -0.05) is 0 Å². The summed E-state index contributed by atoms with van der Waals surface area (Å²) in [5.74, 6) is 0.814. The molecular formula is C17H33N5OS. The first-order valence-electron chi connectivity index (χ1n) is 8.60. The zero-order valence-electron chi connectivity index (χ0n) is 16.0. The molecule has 0 saturated carbocycles. The molecule has 0 radical (unpaired) electrons.